The summed E-state index contributed by atoms with van der Waals surface area (Å²) in [6.07, 6.45) is 2.36. The number of hydrogen-bond acceptors (Lipinski definition) is 3. The number of aliphatic hydroxyl groups is 1. The van der Waals surface area contributed by atoms with E-state index < -0.39 is 17.7 Å². The average molecular weight is 268 g/mol. The summed E-state index contributed by atoms with van der Waals surface area (Å²) in [5, 5.41) is 12.7. The van der Waals surface area contributed by atoms with Gasteiger partial charge in [0.1, 0.15) is 17.3 Å². The summed E-state index contributed by atoms with van der Waals surface area (Å²) in [5.74, 6) is -1.08. The van der Waals surface area contributed by atoms with Crippen molar-refractivity contribution in [3.8, 4) is 0 Å². The molecule has 0 bridgehead atoms. The average Bonchev–Trinajstić information content (AvgIpc) is 3.09. The molecular weight excluding hydrogens is 250 g/mol. The second-order valence-electron chi connectivity index (χ2n) is 5.45. The fraction of sp³-hybridized carbons (Fsp3) is 0.571. The van der Waals surface area contributed by atoms with Crippen LogP contribution in [0.25, 0.3) is 0 Å². The topological polar surface area (TPSA) is 35.5 Å². The van der Waals surface area contributed by atoms with Gasteiger partial charge in [0, 0.05) is 25.7 Å². The van der Waals surface area contributed by atoms with E-state index in [0.717, 1.165) is 12.8 Å². The van der Waals surface area contributed by atoms with Crippen molar-refractivity contribution in [3.63, 3.8) is 0 Å². The SMILES string of the molecule is OC1CCN(c2c(F)cc(CNC3CC3)cc2F)C1. The molecule has 1 atom stereocenters. The number of rotatable bonds is 4. The first-order valence-electron chi connectivity index (χ1n) is 6.78. The van der Waals surface area contributed by atoms with Crippen LogP contribution in [0.5, 0.6) is 0 Å². The second-order valence-corrected chi connectivity index (χ2v) is 5.45. The van der Waals surface area contributed by atoms with Crippen molar-refractivity contribution in [2.45, 2.75) is 38.0 Å². The van der Waals surface area contributed by atoms with Crippen LogP contribution < -0.4 is 10.2 Å². The predicted molar refractivity (Wildman–Crippen MR) is 69.1 cm³/mol. The minimum atomic E-state index is -0.540. The minimum absolute atomic E-state index is 0.00766. The number of nitrogens with zero attached hydrogens (tertiary/aromatic N) is 1. The largest absolute Gasteiger partial charge is 0.391 e. The van der Waals surface area contributed by atoms with E-state index in [4.69, 9.17) is 0 Å². The number of benzene rings is 1. The van der Waals surface area contributed by atoms with Crippen LogP contribution in [0.3, 0.4) is 0 Å². The molecule has 3 rings (SSSR count). The summed E-state index contributed by atoms with van der Waals surface area (Å²) < 4.78 is 28.1. The Balaban J connectivity index is 1.76. The van der Waals surface area contributed by atoms with E-state index in [1.165, 1.54) is 12.1 Å². The molecule has 0 radical (unpaired) electrons. The normalized spacial score (nSPS) is 23.1. The van der Waals surface area contributed by atoms with Gasteiger partial charge in [-0.25, -0.2) is 8.78 Å². The quantitative estimate of drug-likeness (QED) is 0.874. The first-order chi connectivity index (χ1) is 9.13. The zero-order valence-electron chi connectivity index (χ0n) is 10.7. The van der Waals surface area contributed by atoms with Crippen LogP contribution in [0.15, 0.2) is 12.1 Å². The van der Waals surface area contributed by atoms with Crippen molar-refractivity contribution < 1.29 is 13.9 Å². The molecule has 1 aromatic rings. The highest BCUT2D eigenvalue weighted by molar-refractivity contribution is 5.51. The molecule has 1 saturated heterocycles. The molecule has 1 aliphatic carbocycles. The molecule has 2 fully saturated rings. The molecule has 5 heteroatoms. The molecule has 0 spiro atoms. The van der Waals surface area contributed by atoms with Crippen molar-refractivity contribution in [3.05, 3.63) is 29.3 Å². The number of halogens is 2. The van der Waals surface area contributed by atoms with Gasteiger partial charge in [-0.1, -0.05) is 0 Å². The summed E-state index contributed by atoms with van der Waals surface area (Å²) >= 11 is 0. The Morgan fingerprint density at radius 2 is 1.89 bits per heavy atom. The molecule has 104 valence electrons. The highest BCUT2D eigenvalue weighted by atomic mass is 19.1. The molecule has 2 N–H and O–H groups in total. The van der Waals surface area contributed by atoms with Gasteiger partial charge in [-0.3, -0.25) is 0 Å². The Labute approximate surface area is 111 Å². The van der Waals surface area contributed by atoms with Crippen LogP contribution in [0.4, 0.5) is 14.5 Å². The third-order valence-electron chi connectivity index (χ3n) is 3.73. The number of aliphatic hydroxyl groups excluding tert-OH is 1. The second kappa shape index (κ2) is 5.06. The Bertz CT molecular complexity index is 454. The Morgan fingerprint density at radius 1 is 1.21 bits per heavy atom. The zero-order valence-corrected chi connectivity index (χ0v) is 10.7. The first kappa shape index (κ1) is 12.8. The van der Waals surface area contributed by atoms with Gasteiger partial charge in [0.05, 0.1) is 6.10 Å². The van der Waals surface area contributed by atoms with E-state index in [2.05, 4.69) is 5.32 Å². The van der Waals surface area contributed by atoms with Gasteiger partial charge in [-0.05, 0) is 37.0 Å². The zero-order chi connectivity index (χ0) is 13.4. The molecule has 1 saturated carbocycles. The molecule has 19 heavy (non-hydrogen) atoms. The molecule has 2 aliphatic rings. The Kier molecular flexibility index (Phi) is 3.41. The number of nitrogens with one attached hydrogen (secondary N) is 1. The highest BCUT2D eigenvalue weighted by Gasteiger charge is 2.26. The fourth-order valence-electron chi connectivity index (χ4n) is 2.52. The van der Waals surface area contributed by atoms with E-state index in [1.54, 1.807) is 4.90 Å². The smallest absolute Gasteiger partial charge is 0.149 e. The summed E-state index contributed by atoms with van der Waals surface area (Å²) in [5.41, 5.74) is 0.622. The lowest BCUT2D eigenvalue weighted by molar-refractivity contribution is 0.198. The predicted octanol–water partition coefficient (Wildman–Crippen LogP) is 1.79. The lowest BCUT2D eigenvalue weighted by atomic mass is 10.1. The first-order valence-corrected chi connectivity index (χ1v) is 6.78. The molecule has 3 nitrogen and oxygen atoms in total. The van der Waals surface area contributed by atoms with Gasteiger partial charge in [0.15, 0.2) is 0 Å². The summed E-state index contributed by atoms with van der Waals surface area (Å²) in [6, 6.07) is 3.29. The maximum absolute atomic E-state index is 14.0. The Morgan fingerprint density at radius 3 is 2.42 bits per heavy atom. The van der Waals surface area contributed by atoms with Crippen molar-refractivity contribution in [2.75, 3.05) is 18.0 Å². The van der Waals surface area contributed by atoms with Gasteiger partial charge >= 0.3 is 0 Å². The third-order valence-corrected chi connectivity index (χ3v) is 3.73. The van der Waals surface area contributed by atoms with Crippen molar-refractivity contribution >= 4 is 5.69 Å². The van der Waals surface area contributed by atoms with Gasteiger partial charge in [0.2, 0.25) is 0 Å². The molecule has 0 amide bonds. The molecule has 0 aromatic heterocycles. The van der Waals surface area contributed by atoms with Crippen LogP contribution in [-0.2, 0) is 6.54 Å². The molecule has 1 aliphatic heterocycles. The van der Waals surface area contributed by atoms with E-state index in [0.29, 0.717) is 37.7 Å². The standard InChI is InChI=1S/C14H18F2N2O/c15-12-5-9(7-17-10-1-2-10)6-13(16)14(12)18-4-3-11(19)8-18/h5-6,10-11,17,19H,1-4,7-8H2. The van der Waals surface area contributed by atoms with E-state index in [9.17, 15) is 13.9 Å². The van der Waals surface area contributed by atoms with Crippen LogP contribution in [-0.4, -0.2) is 30.3 Å². The van der Waals surface area contributed by atoms with Gasteiger partial charge in [0.25, 0.3) is 0 Å². The van der Waals surface area contributed by atoms with E-state index in [-0.39, 0.29) is 5.69 Å². The number of β-amino-alcohol motifs (C(OH)–C–C–N with tert-alkyl or cyclic N) is 1. The lowest BCUT2D eigenvalue weighted by Gasteiger charge is -2.20. The number of anilines is 1. The number of hydrogen-bond donors (Lipinski definition) is 2. The lowest BCUT2D eigenvalue weighted by Crippen LogP contribution is -2.24. The summed E-state index contributed by atoms with van der Waals surface area (Å²) in [4.78, 5) is 1.58. The minimum Gasteiger partial charge on any atom is -0.391 e. The molecule has 1 heterocycles. The van der Waals surface area contributed by atoms with Gasteiger partial charge in [-0.15, -0.1) is 0 Å². The van der Waals surface area contributed by atoms with Crippen molar-refractivity contribution in [1.82, 2.24) is 5.32 Å². The van der Waals surface area contributed by atoms with E-state index >= 15 is 0 Å². The van der Waals surface area contributed by atoms with Crippen LogP contribution in [0.1, 0.15) is 24.8 Å². The highest BCUT2D eigenvalue weighted by Crippen LogP contribution is 2.28. The van der Waals surface area contributed by atoms with Crippen LogP contribution >= 0.6 is 0 Å². The fourth-order valence-corrected chi connectivity index (χ4v) is 2.52. The molecule has 1 unspecified atom stereocenters. The maximum atomic E-state index is 14.0. The van der Waals surface area contributed by atoms with E-state index in [1.807, 2.05) is 0 Å². The summed E-state index contributed by atoms with van der Waals surface area (Å²) in [7, 11) is 0. The van der Waals surface area contributed by atoms with Crippen molar-refractivity contribution in [2.24, 2.45) is 0 Å². The van der Waals surface area contributed by atoms with Crippen LogP contribution in [0.2, 0.25) is 0 Å². The molecular formula is C14H18F2N2O. The van der Waals surface area contributed by atoms with Crippen LogP contribution in [0, 0.1) is 11.6 Å². The van der Waals surface area contributed by atoms with Gasteiger partial charge in [-0.2, -0.15) is 0 Å². The third kappa shape index (κ3) is 2.87. The monoisotopic (exact) mass is 268 g/mol. The Hall–Kier alpha value is -1.20. The maximum Gasteiger partial charge on any atom is 0.149 e. The molecule has 1 aromatic carbocycles. The summed E-state index contributed by atoms with van der Waals surface area (Å²) in [6.45, 7) is 1.30. The van der Waals surface area contributed by atoms with Gasteiger partial charge < -0.3 is 15.3 Å². The van der Waals surface area contributed by atoms with Crippen molar-refractivity contribution in [1.29, 1.82) is 0 Å².